The van der Waals surface area contributed by atoms with Crippen molar-refractivity contribution in [3.8, 4) is 44.5 Å². The van der Waals surface area contributed by atoms with Gasteiger partial charge in [-0.15, -0.1) is 11.3 Å². The smallest absolute Gasteiger partial charge is 0.183 e. The van der Waals surface area contributed by atoms with Crippen LogP contribution in [0.2, 0.25) is 0 Å². The van der Waals surface area contributed by atoms with E-state index in [9.17, 15) is 0 Å². The van der Waals surface area contributed by atoms with Crippen LogP contribution in [0.15, 0.2) is 133 Å². The third kappa shape index (κ3) is 7.86. The second-order valence-corrected chi connectivity index (χ2v) is 19.7. The Morgan fingerprint density at radius 2 is 0.766 bits per heavy atom. The van der Waals surface area contributed by atoms with Gasteiger partial charge in [0, 0.05) is 64.6 Å². The summed E-state index contributed by atoms with van der Waals surface area (Å²) in [7, 11) is 0. The van der Waals surface area contributed by atoms with Crippen molar-refractivity contribution in [3.63, 3.8) is 0 Å². The van der Waals surface area contributed by atoms with E-state index in [1.807, 2.05) is 0 Å². The van der Waals surface area contributed by atoms with Gasteiger partial charge in [0.1, 0.15) is 0 Å². The van der Waals surface area contributed by atoms with Crippen LogP contribution in [0, 0.1) is 10.8 Å². The molecule has 4 aromatic carbocycles. The van der Waals surface area contributed by atoms with Gasteiger partial charge in [0.25, 0.3) is 0 Å². The Kier molecular flexibility index (Phi) is 10.4. The number of ether oxygens (including phenoxy) is 4. The highest BCUT2D eigenvalue weighted by atomic mass is 32.1. The predicted octanol–water partition coefficient (Wildman–Crippen LogP) is 14.2. The van der Waals surface area contributed by atoms with Crippen LogP contribution in [0.5, 0.6) is 0 Å². The molecule has 0 unspecified atom stereocenters. The Labute approximate surface area is 377 Å². The van der Waals surface area contributed by atoms with E-state index in [0.717, 1.165) is 98.8 Å². The number of hydrogen-bond donors (Lipinski definition) is 1. The van der Waals surface area contributed by atoms with Crippen molar-refractivity contribution in [2.24, 2.45) is 10.8 Å². The summed E-state index contributed by atoms with van der Waals surface area (Å²) in [6.45, 7) is 11.2. The molecule has 4 aliphatic rings. The highest BCUT2D eigenvalue weighted by molar-refractivity contribution is 7.24. The SMILES string of the molecule is CC1(C)COC(c2ccc(-c3c4nc(c(-c5ccccc5)c5ccc(s5)c(-c5ccccc5)c5nc(c(-c6ccc(C7OCC(C)(C)CO7)cc6)c6ccc3[nH]6)C=C5)C=C4)cc2)OC1. The predicted molar refractivity (Wildman–Crippen MR) is 261 cm³/mol. The number of H-pyrrole nitrogens is 1. The second-order valence-electron chi connectivity index (χ2n) is 18.6. The van der Waals surface area contributed by atoms with Gasteiger partial charge in [-0.05, 0) is 70.8 Å². The largest absolute Gasteiger partial charge is 0.354 e. The fraction of sp³-hybridized carbons (Fsp3) is 0.214. The number of aromatic amines is 1. The van der Waals surface area contributed by atoms with E-state index in [1.165, 1.54) is 0 Å². The van der Waals surface area contributed by atoms with E-state index in [1.54, 1.807) is 11.3 Å². The normalized spacial score (nSPS) is 17.2. The molecule has 318 valence electrons. The van der Waals surface area contributed by atoms with Gasteiger partial charge in [0.05, 0.1) is 49.2 Å². The zero-order valence-corrected chi connectivity index (χ0v) is 37.2. The standard InChI is InChI=1S/C56H49N3O4S/c1-55(2)31-60-53(61-32-55)39-19-15-37(16-20-39)49-41-23-24-42(57-41)50(38-17-21-40(22-18-38)54-62-33-56(3,4)34-63-54)44-26-28-46(59-44)52(36-13-9-6-10-14-36)48-30-29-47(64-48)51(35-11-7-5-8-12-35)45-27-25-43(49)58-45/h5-30,53-54,57H,31-34H2,1-4H3. The van der Waals surface area contributed by atoms with Gasteiger partial charge in [-0.25, -0.2) is 9.97 Å². The molecule has 0 saturated carbocycles. The molecule has 3 aromatic heterocycles. The first-order valence-corrected chi connectivity index (χ1v) is 22.8. The van der Waals surface area contributed by atoms with Gasteiger partial charge >= 0.3 is 0 Å². The highest BCUT2D eigenvalue weighted by Gasteiger charge is 2.31. The molecule has 8 heteroatoms. The van der Waals surface area contributed by atoms with Gasteiger partial charge in [-0.1, -0.05) is 137 Å². The lowest BCUT2D eigenvalue weighted by atomic mass is 9.95. The molecule has 2 saturated heterocycles. The highest BCUT2D eigenvalue weighted by Crippen LogP contribution is 2.42. The molecular weight excluding hydrogens is 811 g/mol. The molecular formula is C56H49N3O4S. The number of nitrogens with zero attached hydrogens (tertiary/aromatic N) is 2. The summed E-state index contributed by atoms with van der Waals surface area (Å²) in [5.74, 6) is 0. The van der Waals surface area contributed by atoms with E-state index in [0.29, 0.717) is 26.4 Å². The molecule has 0 aliphatic carbocycles. The minimum Gasteiger partial charge on any atom is -0.354 e. The quantitative estimate of drug-likeness (QED) is 0.179. The van der Waals surface area contributed by atoms with Crippen molar-refractivity contribution in [1.82, 2.24) is 15.0 Å². The number of fused-ring (bicyclic) bond motifs is 8. The number of thiophene rings is 1. The Bertz CT molecular complexity index is 2880. The molecule has 0 radical (unpaired) electrons. The number of nitrogens with one attached hydrogen (secondary N) is 1. The van der Waals surface area contributed by atoms with Crippen molar-refractivity contribution in [1.29, 1.82) is 0 Å². The molecule has 64 heavy (non-hydrogen) atoms. The van der Waals surface area contributed by atoms with Crippen molar-refractivity contribution >= 4 is 56.1 Å². The summed E-state index contributed by atoms with van der Waals surface area (Å²) in [6, 6.07) is 47.1. The molecule has 2 fully saturated rings. The Morgan fingerprint density at radius 3 is 1.14 bits per heavy atom. The number of hydrogen-bond acceptors (Lipinski definition) is 7. The van der Waals surface area contributed by atoms with Crippen LogP contribution in [-0.4, -0.2) is 41.4 Å². The minimum atomic E-state index is -0.406. The second kappa shape index (κ2) is 16.4. The molecule has 7 heterocycles. The van der Waals surface area contributed by atoms with Crippen LogP contribution in [0.3, 0.4) is 0 Å². The van der Waals surface area contributed by atoms with Gasteiger partial charge in [0.2, 0.25) is 0 Å². The van der Waals surface area contributed by atoms with Gasteiger partial charge in [-0.3, -0.25) is 0 Å². The van der Waals surface area contributed by atoms with Gasteiger partial charge < -0.3 is 23.9 Å². The van der Waals surface area contributed by atoms with Crippen molar-refractivity contribution in [2.45, 2.75) is 40.3 Å². The third-order valence-corrected chi connectivity index (χ3v) is 13.3. The average Bonchev–Trinajstić information content (AvgIpc) is 4.16. The van der Waals surface area contributed by atoms with Crippen molar-refractivity contribution in [3.05, 3.63) is 167 Å². The van der Waals surface area contributed by atoms with E-state index in [2.05, 4.69) is 190 Å². The first-order valence-electron chi connectivity index (χ1n) is 22.0. The summed E-state index contributed by atoms with van der Waals surface area (Å²) in [6.07, 6.45) is 7.80. The lowest BCUT2D eigenvalue weighted by molar-refractivity contribution is -0.226. The topological polar surface area (TPSA) is 78.5 Å². The zero-order chi connectivity index (χ0) is 43.4. The summed E-state index contributed by atoms with van der Waals surface area (Å²) in [5.41, 5.74) is 15.8. The van der Waals surface area contributed by atoms with E-state index >= 15 is 0 Å². The fourth-order valence-corrected chi connectivity index (χ4v) is 10.0. The number of aromatic nitrogens is 3. The average molecular weight is 860 g/mol. The third-order valence-electron chi connectivity index (χ3n) is 12.2. The van der Waals surface area contributed by atoms with Crippen LogP contribution in [0.25, 0.3) is 89.2 Å². The Hall–Kier alpha value is -6.26. The van der Waals surface area contributed by atoms with Crippen LogP contribution in [-0.2, 0) is 18.9 Å². The Balaban J connectivity index is 1.16. The molecule has 7 aromatic rings. The fourth-order valence-electron chi connectivity index (χ4n) is 8.88. The first-order chi connectivity index (χ1) is 31.1. The maximum atomic E-state index is 6.18. The van der Waals surface area contributed by atoms with Crippen molar-refractivity contribution < 1.29 is 18.9 Å². The Morgan fingerprint density at radius 1 is 0.422 bits per heavy atom. The van der Waals surface area contributed by atoms with Crippen LogP contribution >= 0.6 is 11.3 Å². The molecule has 1 N–H and O–H groups in total. The number of benzene rings is 4. The molecule has 0 atom stereocenters. The molecule has 0 spiro atoms. The van der Waals surface area contributed by atoms with E-state index < -0.39 is 12.6 Å². The minimum absolute atomic E-state index is 0.0156. The molecule has 4 aliphatic heterocycles. The lowest BCUT2D eigenvalue weighted by Gasteiger charge is -2.34. The van der Waals surface area contributed by atoms with E-state index in [4.69, 9.17) is 28.9 Å². The molecule has 7 nitrogen and oxygen atoms in total. The van der Waals surface area contributed by atoms with Gasteiger partial charge in [-0.2, -0.15) is 0 Å². The summed E-state index contributed by atoms with van der Waals surface area (Å²) in [4.78, 5) is 14.9. The summed E-state index contributed by atoms with van der Waals surface area (Å²) in [5, 5.41) is 0. The monoisotopic (exact) mass is 859 g/mol. The van der Waals surface area contributed by atoms with Crippen LogP contribution < -0.4 is 0 Å². The summed E-state index contributed by atoms with van der Waals surface area (Å²) >= 11 is 1.77. The van der Waals surface area contributed by atoms with Crippen LogP contribution in [0.1, 0.15) is 74.2 Å². The van der Waals surface area contributed by atoms with Crippen LogP contribution in [0.4, 0.5) is 0 Å². The maximum absolute atomic E-state index is 6.18. The summed E-state index contributed by atoms with van der Waals surface area (Å²) < 4.78 is 27.0. The molecule has 8 bridgehead atoms. The van der Waals surface area contributed by atoms with Gasteiger partial charge in [0.15, 0.2) is 12.6 Å². The first kappa shape index (κ1) is 40.5. The van der Waals surface area contributed by atoms with E-state index in [-0.39, 0.29) is 10.8 Å². The number of rotatable bonds is 6. The molecule has 0 amide bonds. The van der Waals surface area contributed by atoms with Crippen molar-refractivity contribution in [2.75, 3.05) is 26.4 Å². The molecule has 11 rings (SSSR count). The lowest BCUT2D eigenvalue weighted by Crippen LogP contribution is -2.33. The maximum Gasteiger partial charge on any atom is 0.183 e. The zero-order valence-electron chi connectivity index (χ0n) is 36.4.